The Morgan fingerprint density at radius 2 is 1.82 bits per heavy atom. The Labute approximate surface area is 192 Å². The van der Waals surface area contributed by atoms with Crippen LogP contribution in [-0.2, 0) is 19.6 Å². The number of sulfonamides is 1. The number of benzene rings is 1. The molecule has 178 valence electrons. The molecule has 0 amide bonds. The molecule has 0 spiro atoms. The maximum Gasteiger partial charge on any atom is 0.337 e. The predicted molar refractivity (Wildman–Crippen MR) is 121 cm³/mol. The predicted octanol–water partition coefficient (Wildman–Crippen LogP) is 2.76. The molecule has 2 N–H and O–H groups in total. The first kappa shape index (κ1) is 24.3. The first-order chi connectivity index (χ1) is 15.7. The Morgan fingerprint density at radius 3 is 2.39 bits per heavy atom. The fourth-order valence-corrected chi connectivity index (χ4v) is 4.63. The lowest BCUT2D eigenvalue weighted by atomic mass is 9.97. The number of aromatic carboxylic acids is 1. The van der Waals surface area contributed by atoms with Crippen LogP contribution < -0.4 is 14.4 Å². The number of carbonyl (C=O) groups is 2. The normalized spacial score (nSPS) is 14.5. The third-order valence-corrected chi connectivity index (χ3v) is 6.60. The molecule has 0 radical (unpaired) electrons. The highest BCUT2D eigenvalue weighted by Crippen LogP contribution is 2.31. The summed E-state index contributed by atoms with van der Waals surface area (Å²) >= 11 is 0. The van der Waals surface area contributed by atoms with E-state index in [-0.39, 0.29) is 28.0 Å². The summed E-state index contributed by atoms with van der Waals surface area (Å²) in [4.78, 5) is 29.5. The molecule has 2 heterocycles. The van der Waals surface area contributed by atoms with Crippen molar-refractivity contribution < 1.29 is 32.6 Å². The standard InChI is InChI=1S/C22H27N3O7S/c1-3-31-17-5-7-18(8-6-17)33(29,30)24-19-13-16(21(26)27)14-23-20(19)25-11-9-15(10-12-25)22(28)32-4-2/h5-8,13-15,24H,3-4,9-12H2,1-2H3,(H,26,27). The van der Waals surface area contributed by atoms with E-state index in [0.717, 1.165) is 0 Å². The Morgan fingerprint density at radius 1 is 1.15 bits per heavy atom. The van der Waals surface area contributed by atoms with Gasteiger partial charge in [-0.1, -0.05) is 0 Å². The van der Waals surface area contributed by atoms with Crippen LogP contribution in [0.4, 0.5) is 11.5 Å². The quantitative estimate of drug-likeness (QED) is 0.523. The average molecular weight is 478 g/mol. The number of anilines is 2. The van der Waals surface area contributed by atoms with Crippen LogP contribution in [0.2, 0.25) is 0 Å². The van der Waals surface area contributed by atoms with Gasteiger partial charge in [-0.05, 0) is 57.0 Å². The monoisotopic (exact) mass is 477 g/mol. The Kier molecular flexibility index (Phi) is 7.75. The van der Waals surface area contributed by atoms with E-state index in [9.17, 15) is 23.1 Å². The number of carboxylic acid groups (broad SMARTS) is 1. The minimum Gasteiger partial charge on any atom is -0.494 e. The molecule has 33 heavy (non-hydrogen) atoms. The molecular formula is C22H27N3O7S. The number of ether oxygens (including phenoxy) is 2. The van der Waals surface area contributed by atoms with Crippen molar-refractivity contribution in [3.63, 3.8) is 0 Å². The molecule has 0 aliphatic carbocycles. The fraction of sp³-hybridized carbons (Fsp3) is 0.409. The van der Waals surface area contributed by atoms with Crippen LogP contribution in [0.5, 0.6) is 5.75 Å². The van der Waals surface area contributed by atoms with Crippen molar-refractivity contribution in [1.82, 2.24) is 4.98 Å². The first-order valence-corrected chi connectivity index (χ1v) is 12.1. The molecule has 1 aliphatic rings. The number of nitrogens with one attached hydrogen (secondary N) is 1. The van der Waals surface area contributed by atoms with Gasteiger partial charge in [-0.15, -0.1) is 0 Å². The lowest BCUT2D eigenvalue weighted by molar-refractivity contribution is -0.148. The molecule has 1 aromatic heterocycles. The van der Waals surface area contributed by atoms with Crippen LogP contribution in [0.15, 0.2) is 41.4 Å². The molecule has 3 rings (SSSR count). The minimum atomic E-state index is -4.02. The van der Waals surface area contributed by atoms with Crippen molar-refractivity contribution in [2.75, 3.05) is 35.9 Å². The van der Waals surface area contributed by atoms with E-state index in [0.29, 0.717) is 50.7 Å². The first-order valence-electron chi connectivity index (χ1n) is 10.7. The lowest BCUT2D eigenvalue weighted by Gasteiger charge is -2.32. The second-order valence-corrected chi connectivity index (χ2v) is 9.11. The zero-order valence-electron chi connectivity index (χ0n) is 18.5. The van der Waals surface area contributed by atoms with Crippen molar-refractivity contribution in [3.05, 3.63) is 42.1 Å². The third-order valence-electron chi connectivity index (χ3n) is 5.22. The van der Waals surface area contributed by atoms with E-state index in [1.807, 2.05) is 11.8 Å². The summed E-state index contributed by atoms with van der Waals surface area (Å²) in [6, 6.07) is 7.16. The molecule has 10 nitrogen and oxygen atoms in total. The molecule has 1 fully saturated rings. The molecule has 0 atom stereocenters. The van der Waals surface area contributed by atoms with Gasteiger partial charge in [-0.3, -0.25) is 9.52 Å². The molecule has 0 bridgehead atoms. The van der Waals surface area contributed by atoms with Crippen LogP contribution in [0.1, 0.15) is 37.0 Å². The van der Waals surface area contributed by atoms with Gasteiger partial charge in [-0.25, -0.2) is 18.2 Å². The van der Waals surface area contributed by atoms with Gasteiger partial charge < -0.3 is 19.5 Å². The molecule has 1 aliphatic heterocycles. The number of carbonyl (C=O) groups excluding carboxylic acids is 1. The van der Waals surface area contributed by atoms with Crippen LogP contribution >= 0.6 is 0 Å². The minimum absolute atomic E-state index is 0.00125. The van der Waals surface area contributed by atoms with E-state index in [1.54, 1.807) is 19.1 Å². The average Bonchev–Trinajstić information content (AvgIpc) is 2.79. The second kappa shape index (κ2) is 10.5. The maximum absolute atomic E-state index is 13.0. The third kappa shape index (κ3) is 5.92. The number of aromatic nitrogens is 1. The van der Waals surface area contributed by atoms with Gasteiger partial charge in [-0.2, -0.15) is 0 Å². The van der Waals surface area contributed by atoms with E-state index in [4.69, 9.17) is 9.47 Å². The largest absolute Gasteiger partial charge is 0.494 e. The van der Waals surface area contributed by atoms with Gasteiger partial charge in [0.05, 0.1) is 35.3 Å². The summed E-state index contributed by atoms with van der Waals surface area (Å²) in [6.07, 6.45) is 2.22. The van der Waals surface area contributed by atoms with Crippen LogP contribution in [0.3, 0.4) is 0 Å². The highest BCUT2D eigenvalue weighted by molar-refractivity contribution is 7.92. The Balaban J connectivity index is 1.85. The topological polar surface area (TPSA) is 135 Å². The number of pyridine rings is 1. The summed E-state index contributed by atoms with van der Waals surface area (Å²) in [5.41, 5.74) is -0.0945. The summed E-state index contributed by atoms with van der Waals surface area (Å²) in [5, 5.41) is 9.36. The van der Waals surface area contributed by atoms with Crippen molar-refractivity contribution >= 4 is 33.5 Å². The highest BCUT2D eigenvalue weighted by Gasteiger charge is 2.29. The number of esters is 1. The number of hydrogen-bond acceptors (Lipinski definition) is 8. The number of nitrogens with zero attached hydrogens (tertiary/aromatic N) is 2. The lowest BCUT2D eigenvalue weighted by Crippen LogP contribution is -2.38. The molecular weight excluding hydrogens is 450 g/mol. The zero-order valence-corrected chi connectivity index (χ0v) is 19.3. The summed E-state index contributed by atoms with van der Waals surface area (Å²) in [7, 11) is -4.02. The number of rotatable bonds is 9. The van der Waals surface area contributed by atoms with Gasteiger partial charge in [0.25, 0.3) is 10.0 Å². The molecule has 0 unspecified atom stereocenters. The Bertz CT molecular complexity index is 1100. The molecule has 2 aromatic rings. The summed E-state index contributed by atoms with van der Waals surface area (Å²) in [5.74, 6) is -0.865. The zero-order chi connectivity index (χ0) is 24.0. The highest BCUT2D eigenvalue weighted by atomic mass is 32.2. The summed E-state index contributed by atoms with van der Waals surface area (Å²) < 4.78 is 38.9. The van der Waals surface area contributed by atoms with Crippen LogP contribution in [-0.4, -0.2) is 56.8 Å². The summed E-state index contributed by atoms with van der Waals surface area (Å²) in [6.45, 7) is 5.24. The molecule has 11 heteroatoms. The fourth-order valence-electron chi connectivity index (χ4n) is 3.57. The van der Waals surface area contributed by atoms with Crippen molar-refractivity contribution in [1.29, 1.82) is 0 Å². The number of carboxylic acids is 1. The maximum atomic E-state index is 13.0. The van der Waals surface area contributed by atoms with Crippen LogP contribution in [0, 0.1) is 5.92 Å². The SMILES string of the molecule is CCOC(=O)C1CCN(c2ncc(C(=O)O)cc2NS(=O)(=O)c2ccc(OCC)cc2)CC1. The van der Waals surface area contributed by atoms with Gasteiger partial charge in [0.15, 0.2) is 5.82 Å². The van der Waals surface area contributed by atoms with Gasteiger partial charge >= 0.3 is 11.9 Å². The second-order valence-electron chi connectivity index (χ2n) is 7.42. The van der Waals surface area contributed by atoms with Crippen molar-refractivity contribution in [2.45, 2.75) is 31.6 Å². The van der Waals surface area contributed by atoms with Gasteiger partial charge in [0.1, 0.15) is 5.75 Å². The van der Waals surface area contributed by atoms with Gasteiger partial charge in [0, 0.05) is 19.3 Å². The van der Waals surface area contributed by atoms with E-state index >= 15 is 0 Å². The Hall–Kier alpha value is -3.34. The van der Waals surface area contributed by atoms with E-state index in [1.165, 1.54) is 24.4 Å². The van der Waals surface area contributed by atoms with Crippen molar-refractivity contribution in [3.8, 4) is 5.75 Å². The smallest absolute Gasteiger partial charge is 0.337 e. The number of piperidine rings is 1. The van der Waals surface area contributed by atoms with Crippen LogP contribution in [0.25, 0.3) is 0 Å². The van der Waals surface area contributed by atoms with Gasteiger partial charge in [0.2, 0.25) is 0 Å². The van der Waals surface area contributed by atoms with E-state index in [2.05, 4.69) is 9.71 Å². The molecule has 0 saturated carbocycles. The van der Waals surface area contributed by atoms with E-state index < -0.39 is 16.0 Å². The molecule has 1 aromatic carbocycles. The molecule has 1 saturated heterocycles. The number of hydrogen-bond donors (Lipinski definition) is 2. The van der Waals surface area contributed by atoms with Crippen molar-refractivity contribution in [2.24, 2.45) is 5.92 Å².